The molecule has 2 atom stereocenters. The molecular weight excluding hydrogens is 1200 g/mol. The van der Waals surface area contributed by atoms with Crippen molar-refractivity contribution < 1.29 is 40.6 Å². The zero-order chi connectivity index (χ0) is 20.3. The molecule has 9 N–H and O–H groups in total. The van der Waals surface area contributed by atoms with Gasteiger partial charge in [0, 0.05) is 28.0 Å². The Labute approximate surface area is 151 Å². The largest absolute Gasteiger partial charge is 0.521 e. The Hall–Kier alpha value is -3.15. The van der Waals surface area contributed by atoms with Crippen molar-refractivity contribution in [2.75, 3.05) is 41.3 Å². The topological polar surface area (TPSA) is 210 Å². The van der Waals surface area contributed by atoms with E-state index in [1.54, 1.807) is 13.3 Å². The van der Waals surface area contributed by atoms with Crippen LogP contribution in [0.15, 0.2) is 26.7 Å². The molecule has 0 aromatic rings. The van der Waals surface area contributed by atoms with Crippen molar-refractivity contribution in [3.05, 3.63) is 33.4 Å². The van der Waals surface area contributed by atoms with Gasteiger partial charge in [0.05, 0.1) is 7.21 Å². The summed E-state index contributed by atoms with van der Waals surface area (Å²) in [5.41, 5.74) is 0. The maximum atomic E-state index is 9.68. The molecule has 0 fully saturated rings. The first-order valence-electron chi connectivity index (χ1n) is 5.57. The molecule has 0 aromatic carbocycles. The second kappa shape index (κ2) is 35.0. The van der Waals surface area contributed by atoms with Crippen molar-refractivity contribution in [1.29, 1.82) is 0 Å². The summed E-state index contributed by atoms with van der Waals surface area (Å²) >= 11 is 0. The normalized spacial score (nSPS) is 20.9. The van der Waals surface area contributed by atoms with Gasteiger partial charge in [0.2, 0.25) is 7.43 Å². The monoisotopic (exact) mass is 1230 g/mol. The molecule has 1 rings (SSSR count). The molecule has 28 heavy (non-hydrogen) atoms. The van der Waals surface area contributed by atoms with Crippen LogP contribution in [0.1, 0.15) is 0 Å². The van der Waals surface area contributed by atoms with Crippen LogP contribution in [0.2, 0.25) is 0 Å². The van der Waals surface area contributed by atoms with Crippen LogP contribution in [0.5, 0.6) is 0 Å². The second-order valence-corrected chi connectivity index (χ2v) is 11.0. The Morgan fingerprint density at radius 3 is 1.14 bits per heavy atom. The predicted octanol–water partition coefficient (Wildman–Crippen LogP) is 1.16. The Bertz CT molecular complexity index is 425. The van der Waals surface area contributed by atoms with Gasteiger partial charge in [0.25, 0.3) is 0 Å². The number of rotatable bonds is 1. The summed E-state index contributed by atoms with van der Waals surface area (Å²) in [4.78, 5) is 19.4. The van der Waals surface area contributed by atoms with Crippen molar-refractivity contribution in [3.63, 3.8) is 0 Å². The number of aliphatic hydroxyl groups excluding tert-OH is 3. The molecule has 0 spiro atoms. The van der Waals surface area contributed by atoms with E-state index < -0.39 is 22.3 Å². The molecule has 1 aliphatic rings. The van der Waals surface area contributed by atoms with Crippen molar-refractivity contribution >= 4 is 22.3 Å². The molecule has 2 unspecified atom stereocenters. The summed E-state index contributed by atoms with van der Waals surface area (Å²) in [6.45, 7) is 19.0. The summed E-state index contributed by atoms with van der Waals surface area (Å²) in [5, 5.41) is 21.0. The van der Waals surface area contributed by atoms with Gasteiger partial charge in [-0.3, -0.25) is 13.2 Å². The van der Waals surface area contributed by atoms with Crippen LogP contribution in [0.4, 0.5) is 0 Å². The van der Waals surface area contributed by atoms with Crippen molar-refractivity contribution in [2.24, 2.45) is 13.5 Å². The van der Waals surface area contributed by atoms with E-state index in [1.165, 1.54) is 6.66 Å². The average Bonchev–Trinajstić information content (AvgIpc) is 2.54. The van der Waals surface area contributed by atoms with Crippen LogP contribution < -0.4 is 0 Å². The fourth-order valence-electron chi connectivity index (χ4n) is 1.03. The first-order chi connectivity index (χ1) is 10.7. The van der Waals surface area contributed by atoms with Crippen LogP contribution in [0, 0.1) is 20.3 Å². The molecule has 0 aromatic heterocycles. The number of hydrogen-bond acceptors (Lipinski definition) is 7. The summed E-state index contributed by atoms with van der Waals surface area (Å²) in [5.74, 6) is 0. The van der Waals surface area contributed by atoms with Crippen LogP contribution >= 0.6 is 22.3 Å². The number of hydrogen-bond donors (Lipinski definition) is 5. The molecule has 0 amide bonds. The first-order valence-corrected chi connectivity index (χ1v) is 11.8. The van der Waals surface area contributed by atoms with Crippen molar-refractivity contribution in [2.45, 2.75) is 0 Å². The molecule has 0 saturated carbocycles. The Balaban J connectivity index is -0.0000000238. The van der Waals surface area contributed by atoms with Crippen molar-refractivity contribution in [1.82, 2.24) is 0 Å². The average molecular weight is 1230 g/mol. The third kappa shape index (κ3) is 34.2. The van der Waals surface area contributed by atoms with E-state index in [9.17, 15) is 9.79 Å². The van der Waals surface area contributed by atoms with E-state index in [2.05, 4.69) is 51.5 Å². The van der Waals surface area contributed by atoms with E-state index in [-0.39, 0.29) is 11.0 Å². The van der Waals surface area contributed by atoms with Crippen molar-refractivity contribution in [3.8, 4) is 0 Å². The summed E-state index contributed by atoms with van der Waals surface area (Å²) in [7, 11) is -1.85. The number of nitrogens with zero attached hydrogens (tertiary/aromatic N) is 3. The van der Waals surface area contributed by atoms with Gasteiger partial charge in [-0.15, -0.1) is 0 Å². The van der Waals surface area contributed by atoms with E-state index in [4.69, 9.17) is 15.3 Å². The van der Waals surface area contributed by atoms with Gasteiger partial charge < -0.3 is 53.7 Å². The number of aliphatic hydroxyl groups is 3. The molecule has 1 heterocycles. The molecule has 0 saturated heterocycles. The SMILES string of the molecule is CO.CO.CO.O.O.[CH-]=C.[CH-]=C.[CH2-]OP1(O)=NP(C)(O)=NP(C)(C)=N1.[Rf].[Rf].[Rf]. The first kappa shape index (κ1) is 64.1. The Morgan fingerprint density at radius 1 is 0.714 bits per heavy atom. The maximum absolute atomic E-state index is 9.68. The summed E-state index contributed by atoms with van der Waals surface area (Å²) < 4.78 is 16.4. The minimum Gasteiger partial charge on any atom is -0.521 e. The molecule has 166 valence electrons. The third-order valence-electron chi connectivity index (χ3n) is 1.18. The zero-order valence-electron chi connectivity index (χ0n) is 17.7. The molecular formula is C11H35N3O8P3Rf3-3. The van der Waals surface area contributed by atoms with Gasteiger partial charge in [0.15, 0.2) is 0 Å². The molecule has 11 nitrogen and oxygen atoms in total. The summed E-state index contributed by atoms with van der Waals surface area (Å²) in [6.07, 6.45) is 0. The van der Waals surface area contributed by atoms with Crippen LogP contribution in [-0.4, -0.2) is 77.4 Å². The van der Waals surface area contributed by atoms with Crippen LogP contribution in [-0.2, 0) is 4.52 Å². The third-order valence-corrected chi connectivity index (χ3v) is 9.61. The smallest absolute Gasteiger partial charge is 0.309 e. The van der Waals surface area contributed by atoms with E-state index >= 15 is 0 Å². The zero-order valence-corrected chi connectivity index (χ0v) is 39.6. The van der Waals surface area contributed by atoms with Gasteiger partial charge in [-0.05, 0) is 13.3 Å². The van der Waals surface area contributed by atoms with Crippen LogP contribution in [0.3, 0.4) is 0 Å². The quantitative estimate of drug-likeness (QED) is 0.192. The predicted molar refractivity (Wildman–Crippen MR) is 108 cm³/mol. The minimum atomic E-state index is -3.19. The maximum Gasteiger partial charge on any atom is 0.309 e. The van der Waals surface area contributed by atoms with Crippen LogP contribution in [0.25, 0.3) is 0 Å². The Morgan fingerprint density at radius 2 is 0.964 bits per heavy atom. The molecule has 17 heteroatoms. The second-order valence-electron chi connectivity index (χ2n) is 3.12. The van der Waals surface area contributed by atoms with Gasteiger partial charge >= 0.3 is 7.66 Å². The van der Waals surface area contributed by atoms with Gasteiger partial charge in [-0.2, -0.15) is 9.03 Å². The van der Waals surface area contributed by atoms with E-state index in [0.29, 0.717) is 0 Å². The summed E-state index contributed by atoms with van der Waals surface area (Å²) in [6, 6.07) is 0. The molecule has 0 radical (unpaired) electrons. The fraction of sp³-hybridized carbons (Fsp3) is 0.545. The fourth-order valence-corrected chi connectivity index (χ4v) is 10.2. The molecule has 0 bridgehead atoms. The molecule has 0 aliphatic carbocycles. The molecule has 1 aliphatic heterocycles. The minimum absolute atomic E-state index is 0. The van der Waals surface area contributed by atoms with Gasteiger partial charge in [-0.25, -0.2) is 11.6 Å². The van der Waals surface area contributed by atoms with E-state index in [0.717, 1.165) is 21.3 Å². The standard InChI is InChI=1S/C4H13N3O3P3.2C2H3.3CH4O.2H2O.3Rf/c1-10-13(9)6-11(2,3)5-12(4,8)7-13;5*1-2;;;;;/h8-9H,1H2,2-4H3;2*1H,2H2;3*2H,1H3;2*1H2;;;/q3*-1;;;;;;;;. The van der Waals surface area contributed by atoms with Gasteiger partial charge in [0.1, 0.15) is 0 Å². The van der Waals surface area contributed by atoms with Gasteiger partial charge in [-0.1, -0.05) is 0 Å². The van der Waals surface area contributed by atoms with E-state index in [1.807, 2.05) is 0 Å². The Kier molecular flexibility index (Phi) is 80.2.